The van der Waals surface area contributed by atoms with E-state index in [1.54, 1.807) is 5.51 Å². The van der Waals surface area contributed by atoms with Crippen LogP contribution in [-0.2, 0) is 9.53 Å². The first-order valence-corrected chi connectivity index (χ1v) is 5.63. The van der Waals surface area contributed by atoms with Gasteiger partial charge in [0.15, 0.2) is 4.34 Å². The molecule has 0 atom stereocenters. The second-order valence-corrected chi connectivity index (χ2v) is 4.59. The molecule has 13 heavy (non-hydrogen) atoms. The highest BCUT2D eigenvalue weighted by Gasteiger charge is 2.07. The second-order valence-electron chi connectivity index (χ2n) is 2.53. The molecule has 72 valence electrons. The number of aromatic nitrogens is 2. The van der Waals surface area contributed by atoms with Crippen LogP contribution in [-0.4, -0.2) is 28.0 Å². The number of rotatable bonds is 4. The van der Waals surface area contributed by atoms with Crippen molar-refractivity contribution in [3.63, 3.8) is 0 Å². The Kier molecular flexibility index (Phi) is 4.17. The molecule has 1 rings (SSSR count). The predicted octanol–water partition coefficient (Wildman–Crippen LogP) is 1.58. The summed E-state index contributed by atoms with van der Waals surface area (Å²) < 4.78 is 5.74. The summed E-state index contributed by atoms with van der Waals surface area (Å²) in [6, 6.07) is 0. The molecule has 0 aromatic carbocycles. The average molecular weight is 218 g/mol. The summed E-state index contributed by atoms with van der Waals surface area (Å²) in [6.07, 6.45) is -0.0532. The molecule has 0 unspecified atom stereocenters. The molecule has 0 amide bonds. The van der Waals surface area contributed by atoms with Crippen molar-refractivity contribution in [1.82, 2.24) is 10.2 Å². The lowest BCUT2D eigenvalue weighted by molar-refractivity contribution is -0.144. The fourth-order valence-electron chi connectivity index (χ4n) is 0.643. The van der Waals surface area contributed by atoms with E-state index in [-0.39, 0.29) is 12.1 Å². The lowest BCUT2D eigenvalue weighted by Crippen LogP contribution is -2.13. The summed E-state index contributed by atoms with van der Waals surface area (Å²) in [4.78, 5) is 11.1. The van der Waals surface area contributed by atoms with Crippen molar-refractivity contribution < 1.29 is 9.53 Å². The quantitative estimate of drug-likeness (QED) is 0.567. The Morgan fingerprint density at radius 3 is 3.08 bits per heavy atom. The molecule has 0 fully saturated rings. The van der Waals surface area contributed by atoms with Crippen molar-refractivity contribution in [2.75, 3.05) is 5.75 Å². The maximum Gasteiger partial charge on any atom is 0.316 e. The van der Waals surface area contributed by atoms with Crippen molar-refractivity contribution in [3.05, 3.63) is 5.51 Å². The minimum absolute atomic E-state index is 0.0532. The number of thioether (sulfide) groups is 1. The number of carbonyl (C=O) groups excluding carboxylic acids is 1. The normalized spacial score (nSPS) is 10.4. The Hall–Kier alpha value is -0.620. The number of hydrogen-bond donors (Lipinski definition) is 0. The SMILES string of the molecule is CC(C)OC(=O)CSc1nncs1. The molecule has 1 aromatic heterocycles. The van der Waals surface area contributed by atoms with E-state index in [1.807, 2.05) is 13.8 Å². The maximum atomic E-state index is 11.1. The van der Waals surface area contributed by atoms with E-state index in [9.17, 15) is 4.79 Å². The molecule has 6 heteroatoms. The zero-order valence-electron chi connectivity index (χ0n) is 7.39. The van der Waals surface area contributed by atoms with Crippen LogP contribution in [0.15, 0.2) is 9.85 Å². The Bertz CT molecular complexity index is 261. The Balaban J connectivity index is 2.23. The third-order valence-corrected chi connectivity index (χ3v) is 2.85. The van der Waals surface area contributed by atoms with E-state index in [1.165, 1.54) is 23.1 Å². The third-order valence-electron chi connectivity index (χ3n) is 1.02. The van der Waals surface area contributed by atoms with Crippen molar-refractivity contribution >= 4 is 29.1 Å². The Labute approximate surface area is 84.7 Å². The first-order chi connectivity index (χ1) is 6.18. The third kappa shape index (κ3) is 4.23. The van der Waals surface area contributed by atoms with Gasteiger partial charge in [0.1, 0.15) is 5.51 Å². The molecule has 0 spiro atoms. The number of ether oxygens (including phenoxy) is 1. The van der Waals surface area contributed by atoms with Gasteiger partial charge in [-0.1, -0.05) is 23.1 Å². The van der Waals surface area contributed by atoms with Crippen LogP contribution in [0.2, 0.25) is 0 Å². The van der Waals surface area contributed by atoms with Crippen LogP contribution in [0.4, 0.5) is 0 Å². The van der Waals surface area contributed by atoms with Crippen molar-refractivity contribution in [1.29, 1.82) is 0 Å². The standard InChI is InChI=1S/C7H10N2O2S2/c1-5(2)11-6(10)3-12-7-9-8-4-13-7/h4-5H,3H2,1-2H3. The topological polar surface area (TPSA) is 52.1 Å². The molecule has 0 radical (unpaired) electrons. The van der Waals surface area contributed by atoms with Crippen LogP contribution in [0.25, 0.3) is 0 Å². The highest BCUT2D eigenvalue weighted by molar-refractivity contribution is 8.01. The molecule has 4 nitrogen and oxygen atoms in total. The first kappa shape index (κ1) is 10.5. The van der Waals surface area contributed by atoms with E-state index in [4.69, 9.17) is 4.74 Å². The summed E-state index contributed by atoms with van der Waals surface area (Å²) in [5, 5.41) is 7.45. The molecule has 0 saturated carbocycles. The molecule has 0 saturated heterocycles. The highest BCUT2D eigenvalue weighted by Crippen LogP contribution is 2.18. The smallest absolute Gasteiger partial charge is 0.316 e. The predicted molar refractivity (Wildman–Crippen MR) is 51.9 cm³/mol. The number of esters is 1. The zero-order chi connectivity index (χ0) is 9.68. The summed E-state index contributed by atoms with van der Waals surface area (Å²) in [5.41, 5.74) is 1.64. The largest absolute Gasteiger partial charge is 0.462 e. The van der Waals surface area contributed by atoms with Crippen LogP contribution in [0.3, 0.4) is 0 Å². The molecular formula is C7H10N2O2S2. The van der Waals surface area contributed by atoms with E-state index < -0.39 is 0 Å². The van der Waals surface area contributed by atoms with Crippen molar-refractivity contribution in [2.45, 2.75) is 24.3 Å². The fraction of sp³-hybridized carbons (Fsp3) is 0.571. The van der Waals surface area contributed by atoms with Gasteiger partial charge in [-0.15, -0.1) is 10.2 Å². The van der Waals surface area contributed by atoms with E-state index >= 15 is 0 Å². The van der Waals surface area contributed by atoms with Crippen LogP contribution in [0.1, 0.15) is 13.8 Å². The van der Waals surface area contributed by atoms with Gasteiger partial charge < -0.3 is 4.74 Å². The Morgan fingerprint density at radius 2 is 2.54 bits per heavy atom. The van der Waals surface area contributed by atoms with Gasteiger partial charge in [-0.05, 0) is 13.8 Å². The summed E-state index contributed by atoms with van der Waals surface area (Å²) >= 11 is 2.76. The lowest BCUT2D eigenvalue weighted by Gasteiger charge is -2.05. The van der Waals surface area contributed by atoms with Gasteiger partial charge in [-0.3, -0.25) is 4.79 Å². The maximum absolute atomic E-state index is 11.1. The highest BCUT2D eigenvalue weighted by atomic mass is 32.2. The van der Waals surface area contributed by atoms with Gasteiger partial charge in [0.25, 0.3) is 0 Å². The van der Waals surface area contributed by atoms with Gasteiger partial charge in [0.2, 0.25) is 0 Å². The molecule has 0 aliphatic heterocycles. The minimum Gasteiger partial charge on any atom is -0.462 e. The summed E-state index contributed by atoms with van der Waals surface area (Å²) in [5.74, 6) is 0.0862. The number of nitrogens with zero attached hydrogens (tertiary/aromatic N) is 2. The molecule has 0 bridgehead atoms. The molecule has 0 aliphatic rings. The fourth-order valence-corrected chi connectivity index (χ4v) is 1.91. The lowest BCUT2D eigenvalue weighted by atomic mass is 10.5. The van der Waals surface area contributed by atoms with Crippen LogP contribution in [0.5, 0.6) is 0 Å². The van der Waals surface area contributed by atoms with Gasteiger partial charge in [0.05, 0.1) is 11.9 Å². The first-order valence-electron chi connectivity index (χ1n) is 3.77. The molecule has 1 heterocycles. The van der Waals surface area contributed by atoms with Gasteiger partial charge in [0, 0.05) is 0 Å². The number of carbonyl (C=O) groups is 1. The van der Waals surface area contributed by atoms with Crippen molar-refractivity contribution in [2.24, 2.45) is 0 Å². The van der Waals surface area contributed by atoms with E-state index in [0.29, 0.717) is 5.75 Å². The molecule has 0 aliphatic carbocycles. The van der Waals surface area contributed by atoms with Crippen molar-refractivity contribution in [3.8, 4) is 0 Å². The Morgan fingerprint density at radius 1 is 1.77 bits per heavy atom. The summed E-state index contributed by atoms with van der Waals surface area (Å²) in [6.45, 7) is 3.65. The molecule has 0 N–H and O–H groups in total. The van der Waals surface area contributed by atoms with Crippen LogP contribution in [0, 0.1) is 0 Å². The average Bonchev–Trinajstić information content (AvgIpc) is 2.51. The van der Waals surface area contributed by atoms with Gasteiger partial charge in [-0.2, -0.15) is 0 Å². The summed E-state index contributed by atoms with van der Waals surface area (Å²) in [7, 11) is 0. The monoisotopic (exact) mass is 218 g/mol. The number of hydrogen-bond acceptors (Lipinski definition) is 6. The molecular weight excluding hydrogens is 208 g/mol. The van der Waals surface area contributed by atoms with E-state index in [0.717, 1.165) is 4.34 Å². The van der Waals surface area contributed by atoms with Gasteiger partial charge >= 0.3 is 5.97 Å². The molecule has 1 aromatic rings. The van der Waals surface area contributed by atoms with E-state index in [2.05, 4.69) is 10.2 Å². The van der Waals surface area contributed by atoms with Crippen LogP contribution >= 0.6 is 23.1 Å². The van der Waals surface area contributed by atoms with Gasteiger partial charge in [-0.25, -0.2) is 0 Å². The zero-order valence-corrected chi connectivity index (χ0v) is 9.02. The van der Waals surface area contributed by atoms with Crippen LogP contribution < -0.4 is 0 Å². The minimum atomic E-state index is -0.213. The second kappa shape index (κ2) is 5.18.